The molecule has 3 rings (SSSR count). The maximum Gasteiger partial charge on any atom is 0.213 e. The number of nitrogens with zero attached hydrogens (tertiary/aromatic N) is 4. The van der Waals surface area contributed by atoms with E-state index in [9.17, 15) is 4.79 Å². The van der Waals surface area contributed by atoms with E-state index in [-0.39, 0.29) is 5.78 Å². The average molecular weight is 389 g/mol. The smallest absolute Gasteiger partial charge is 0.213 e. The van der Waals surface area contributed by atoms with Crippen molar-refractivity contribution in [3.63, 3.8) is 0 Å². The first-order valence-electron chi connectivity index (χ1n) is 8.12. The van der Waals surface area contributed by atoms with Gasteiger partial charge in [0.05, 0.1) is 0 Å². The number of hydrogen-bond acceptors (Lipinski definition) is 5. The first kappa shape index (κ1) is 17.0. The highest BCUT2D eigenvalue weighted by Gasteiger charge is 2.18. The summed E-state index contributed by atoms with van der Waals surface area (Å²) in [5, 5.41) is 0. The van der Waals surface area contributed by atoms with Crippen LogP contribution in [-0.2, 0) is 0 Å². The summed E-state index contributed by atoms with van der Waals surface area (Å²) in [5.41, 5.74) is 1.77. The standard InChI is InChI=1S/C18H21BrN4O/c1-13-15(11-14(19)12-20-13)18(24)16-5-3-6-17(21-16)23-8-4-7-22(2)9-10-23/h3,5-6,11-12H,4,7-10H2,1-2H3. The fraction of sp³-hybridized carbons (Fsp3) is 0.389. The average Bonchev–Trinajstić information content (AvgIpc) is 2.81. The van der Waals surface area contributed by atoms with Crippen LogP contribution in [0.1, 0.15) is 28.2 Å². The maximum absolute atomic E-state index is 12.8. The van der Waals surface area contributed by atoms with E-state index in [0.29, 0.717) is 17.0 Å². The first-order valence-corrected chi connectivity index (χ1v) is 8.91. The van der Waals surface area contributed by atoms with Gasteiger partial charge in [-0.2, -0.15) is 0 Å². The molecule has 1 saturated heterocycles. The third-order valence-corrected chi connectivity index (χ3v) is 4.74. The third kappa shape index (κ3) is 3.82. The number of likely N-dealkylation sites (N-methyl/N-ethyl adjacent to an activating group) is 1. The highest BCUT2D eigenvalue weighted by Crippen LogP contribution is 2.19. The van der Waals surface area contributed by atoms with Crippen LogP contribution < -0.4 is 4.90 Å². The second-order valence-electron chi connectivity index (χ2n) is 6.14. The molecule has 126 valence electrons. The van der Waals surface area contributed by atoms with Crippen molar-refractivity contribution in [2.45, 2.75) is 13.3 Å². The molecule has 24 heavy (non-hydrogen) atoms. The number of carbonyl (C=O) groups excluding carboxylic acids is 1. The molecular weight excluding hydrogens is 368 g/mol. The highest BCUT2D eigenvalue weighted by molar-refractivity contribution is 9.10. The predicted molar refractivity (Wildman–Crippen MR) is 98.7 cm³/mol. The molecule has 5 nitrogen and oxygen atoms in total. The number of aromatic nitrogens is 2. The minimum atomic E-state index is -0.0879. The van der Waals surface area contributed by atoms with Gasteiger partial charge < -0.3 is 9.80 Å². The zero-order valence-corrected chi connectivity index (χ0v) is 15.6. The normalized spacial score (nSPS) is 16.0. The fourth-order valence-corrected chi connectivity index (χ4v) is 3.21. The van der Waals surface area contributed by atoms with Crippen LogP contribution in [0.15, 0.2) is 34.9 Å². The van der Waals surface area contributed by atoms with Gasteiger partial charge in [0.2, 0.25) is 5.78 Å². The molecule has 1 aliphatic heterocycles. The molecule has 0 N–H and O–H groups in total. The van der Waals surface area contributed by atoms with E-state index < -0.39 is 0 Å². The molecular formula is C18H21BrN4O. The van der Waals surface area contributed by atoms with E-state index in [2.05, 4.69) is 42.7 Å². The van der Waals surface area contributed by atoms with Crippen LogP contribution in [0.5, 0.6) is 0 Å². The van der Waals surface area contributed by atoms with Crippen LogP contribution in [0.2, 0.25) is 0 Å². The van der Waals surface area contributed by atoms with E-state index in [0.717, 1.165) is 42.9 Å². The minimum Gasteiger partial charge on any atom is -0.355 e. The zero-order valence-electron chi connectivity index (χ0n) is 14.0. The van der Waals surface area contributed by atoms with Gasteiger partial charge in [0.15, 0.2) is 0 Å². The number of halogens is 1. The number of rotatable bonds is 3. The van der Waals surface area contributed by atoms with Crippen LogP contribution >= 0.6 is 15.9 Å². The van der Waals surface area contributed by atoms with E-state index in [4.69, 9.17) is 0 Å². The summed E-state index contributed by atoms with van der Waals surface area (Å²) in [6, 6.07) is 7.47. The lowest BCUT2D eigenvalue weighted by atomic mass is 10.1. The zero-order chi connectivity index (χ0) is 17.1. The summed E-state index contributed by atoms with van der Waals surface area (Å²) in [5.74, 6) is 0.784. The molecule has 2 aromatic rings. The Kier molecular flexibility index (Phi) is 5.26. The van der Waals surface area contributed by atoms with Gasteiger partial charge in [0.1, 0.15) is 11.5 Å². The quantitative estimate of drug-likeness (QED) is 0.756. The van der Waals surface area contributed by atoms with Crippen molar-refractivity contribution in [1.29, 1.82) is 0 Å². The number of anilines is 1. The molecule has 0 unspecified atom stereocenters. The molecule has 0 radical (unpaired) electrons. The molecule has 6 heteroatoms. The molecule has 0 aromatic carbocycles. The Balaban J connectivity index is 1.87. The van der Waals surface area contributed by atoms with Crippen molar-refractivity contribution < 1.29 is 4.79 Å². The number of hydrogen-bond donors (Lipinski definition) is 0. The topological polar surface area (TPSA) is 49.3 Å². The molecule has 0 aliphatic carbocycles. The summed E-state index contributed by atoms with van der Waals surface area (Å²) < 4.78 is 0.795. The van der Waals surface area contributed by atoms with E-state index in [1.54, 1.807) is 18.3 Å². The van der Waals surface area contributed by atoms with Gasteiger partial charge in [-0.1, -0.05) is 6.07 Å². The predicted octanol–water partition coefficient (Wildman–Crippen LogP) is 2.92. The molecule has 0 spiro atoms. The molecule has 0 bridgehead atoms. The number of carbonyl (C=O) groups is 1. The summed E-state index contributed by atoms with van der Waals surface area (Å²) in [4.78, 5) is 26.3. The lowest BCUT2D eigenvalue weighted by Crippen LogP contribution is -2.29. The summed E-state index contributed by atoms with van der Waals surface area (Å²) in [6.45, 7) is 5.84. The van der Waals surface area contributed by atoms with Crippen LogP contribution in [0.3, 0.4) is 0 Å². The Morgan fingerprint density at radius 2 is 2.04 bits per heavy atom. The Hall–Kier alpha value is -1.79. The molecule has 1 aliphatic rings. The van der Waals surface area contributed by atoms with Gasteiger partial charge in [-0.05, 0) is 61.1 Å². The van der Waals surface area contributed by atoms with E-state index >= 15 is 0 Å². The van der Waals surface area contributed by atoms with E-state index in [1.807, 2.05) is 19.1 Å². The van der Waals surface area contributed by atoms with Crippen molar-refractivity contribution in [2.75, 3.05) is 38.1 Å². The van der Waals surface area contributed by atoms with Crippen LogP contribution in [0.4, 0.5) is 5.82 Å². The summed E-state index contributed by atoms with van der Waals surface area (Å²) in [7, 11) is 2.14. The summed E-state index contributed by atoms with van der Waals surface area (Å²) in [6.07, 6.45) is 2.80. The molecule has 0 saturated carbocycles. The van der Waals surface area contributed by atoms with Crippen molar-refractivity contribution in [1.82, 2.24) is 14.9 Å². The largest absolute Gasteiger partial charge is 0.355 e. The number of aryl methyl sites for hydroxylation is 1. The van der Waals surface area contributed by atoms with Crippen molar-refractivity contribution in [3.8, 4) is 0 Å². The lowest BCUT2D eigenvalue weighted by molar-refractivity contribution is 0.103. The van der Waals surface area contributed by atoms with Crippen molar-refractivity contribution in [3.05, 3.63) is 51.9 Å². The van der Waals surface area contributed by atoms with E-state index in [1.165, 1.54) is 0 Å². The monoisotopic (exact) mass is 388 g/mol. The molecule has 3 heterocycles. The fourth-order valence-electron chi connectivity index (χ4n) is 2.88. The van der Waals surface area contributed by atoms with Gasteiger partial charge in [-0.3, -0.25) is 9.78 Å². The van der Waals surface area contributed by atoms with Gasteiger partial charge in [-0.15, -0.1) is 0 Å². The Morgan fingerprint density at radius 1 is 1.21 bits per heavy atom. The van der Waals surface area contributed by atoms with Crippen LogP contribution in [0, 0.1) is 6.92 Å². The molecule has 2 aromatic heterocycles. The second kappa shape index (κ2) is 7.40. The molecule has 1 fully saturated rings. The lowest BCUT2D eigenvalue weighted by Gasteiger charge is -2.22. The number of pyridine rings is 2. The number of ketones is 1. The highest BCUT2D eigenvalue weighted by atomic mass is 79.9. The Morgan fingerprint density at radius 3 is 2.88 bits per heavy atom. The molecule has 0 atom stereocenters. The van der Waals surface area contributed by atoms with Gasteiger partial charge >= 0.3 is 0 Å². The van der Waals surface area contributed by atoms with Crippen molar-refractivity contribution in [2.24, 2.45) is 0 Å². The van der Waals surface area contributed by atoms with Crippen LogP contribution in [0.25, 0.3) is 0 Å². The SMILES string of the molecule is Cc1ncc(Br)cc1C(=O)c1cccc(N2CCCN(C)CC2)n1. The summed E-state index contributed by atoms with van der Waals surface area (Å²) >= 11 is 3.38. The Bertz CT molecular complexity index is 750. The van der Waals surface area contributed by atoms with Crippen LogP contribution in [-0.4, -0.2) is 53.9 Å². The van der Waals surface area contributed by atoms with Gasteiger partial charge in [0, 0.05) is 41.6 Å². The molecule has 0 amide bonds. The van der Waals surface area contributed by atoms with Crippen molar-refractivity contribution >= 4 is 27.5 Å². The third-order valence-electron chi connectivity index (χ3n) is 4.31. The minimum absolute atomic E-state index is 0.0879. The van der Waals surface area contributed by atoms with Gasteiger partial charge in [0.25, 0.3) is 0 Å². The first-order chi connectivity index (χ1) is 11.5. The van der Waals surface area contributed by atoms with Gasteiger partial charge in [-0.25, -0.2) is 4.98 Å². The maximum atomic E-state index is 12.8. The second-order valence-corrected chi connectivity index (χ2v) is 7.06. The Labute approximate surface area is 150 Å².